The fourth-order valence-electron chi connectivity index (χ4n) is 3.26. The number of likely N-dealkylation sites (N-methyl/N-ethyl adjacent to an activating group) is 1. The highest BCUT2D eigenvalue weighted by atomic mass is 16.6. The van der Waals surface area contributed by atoms with Crippen molar-refractivity contribution in [2.45, 2.75) is 25.7 Å². The number of carbonyl (C=O) groups excluding carboxylic acids is 5. The average molecular weight is 525 g/mol. The van der Waals surface area contributed by atoms with E-state index in [1.54, 1.807) is 24.3 Å². The molecule has 0 aliphatic carbocycles. The van der Waals surface area contributed by atoms with Gasteiger partial charge >= 0.3 is 18.2 Å². The number of ether oxygens (including phenoxy) is 2. The Morgan fingerprint density at radius 3 is 2.11 bits per heavy atom. The highest BCUT2D eigenvalue weighted by Gasteiger charge is 2.31. The van der Waals surface area contributed by atoms with E-state index < -0.39 is 36.1 Å². The second-order valence-electron chi connectivity index (χ2n) is 8.08. The van der Waals surface area contributed by atoms with E-state index in [2.05, 4.69) is 20.9 Å². The Morgan fingerprint density at radius 2 is 1.53 bits per heavy atom. The van der Waals surface area contributed by atoms with Gasteiger partial charge in [-0.1, -0.05) is 60.7 Å². The number of nitrogens with one attached hydrogen (secondary N) is 4. The number of hydrogen-bond acceptors (Lipinski definition) is 8. The van der Waals surface area contributed by atoms with E-state index in [4.69, 9.17) is 9.47 Å². The SMILES string of the molecule is CN(C(=O)CCNC(=O)OCc1ccccc1)C1CN=C(NC(=O)NC(=O)OCc2ccccc2)NC1=O. The first-order chi connectivity index (χ1) is 18.3. The monoisotopic (exact) mass is 524 g/mol. The van der Waals surface area contributed by atoms with E-state index in [1.807, 2.05) is 41.7 Å². The number of aliphatic imine (C=N–C) groups is 1. The molecule has 1 atom stereocenters. The molecule has 1 aliphatic heterocycles. The molecule has 0 fully saturated rings. The Balaban J connectivity index is 1.35. The Hall–Kier alpha value is -4.94. The van der Waals surface area contributed by atoms with Crippen LogP contribution in [0.1, 0.15) is 17.5 Å². The third-order valence-electron chi connectivity index (χ3n) is 5.31. The summed E-state index contributed by atoms with van der Waals surface area (Å²) in [7, 11) is 1.43. The minimum atomic E-state index is -0.977. The van der Waals surface area contributed by atoms with Gasteiger partial charge in [0.05, 0.1) is 6.54 Å². The maximum Gasteiger partial charge on any atom is 0.415 e. The molecule has 0 aromatic heterocycles. The zero-order chi connectivity index (χ0) is 27.3. The van der Waals surface area contributed by atoms with Crippen LogP contribution >= 0.6 is 0 Å². The molecule has 4 N–H and O–H groups in total. The van der Waals surface area contributed by atoms with Crippen LogP contribution in [0.25, 0.3) is 0 Å². The molecular formula is C25H28N6O7. The number of amides is 6. The fourth-order valence-corrected chi connectivity index (χ4v) is 3.26. The number of nitrogens with zero attached hydrogens (tertiary/aromatic N) is 2. The van der Waals surface area contributed by atoms with E-state index in [0.717, 1.165) is 11.1 Å². The van der Waals surface area contributed by atoms with Gasteiger partial charge in [-0.2, -0.15) is 0 Å². The smallest absolute Gasteiger partial charge is 0.415 e. The van der Waals surface area contributed by atoms with E-state index in [0.29, 0.717) is 0 Å². The molecule has 1 aliphatic rings. The molecule has 13 nitrogen and oxygen atoms in total. The molecule has 0 saturated heterocycles. The number of rotatable bonds is 8. The van der Waals surface area contributed by atoms with Crippen molar-refractivity contribution in [1.82, 2.24) is 26.2 Å². The first-order valence-corrected chi connectivity index (χ1v) is 11.7. The van der Waals surface area contributed by atoms with Crippen molar-refractivity contribution in [2.75, 3.05) is 20.1 Å². The molecule has 2 aromatic rings. The van der Waals surface area contributed by atoms with Crippen LogP contribution in [0.3, 0.4) is 0 Å². The minimum absolute atomic E-state index is 0.0156. The van der Waals surface area contributed by atoms with E-state index in [-0.39, 0.29) is 38.7 Å². The number of carbonyl (C=O) groups is 5. The maximum absolute atomic E-state index is 12.5. The van der Waals surface area contributed by atoms with Crippen LogP contribution in [0.5, 0.6) is 0 Å². The van der Waals surface area contributed by atoms with Crippen molar-refractivity contribution in [3.05, 3.63) is 71.8 Å². The highest BCUT2D eigenvalue weighted by molar-refractivity contribution is 6.09. The zero-order valence-corrected chi connectivity index (χ0v) is 20.6. The molecule has 13 heteroatoms. The second kappa shape index (κ2) is 14.0. The lowest BCUT2D eigenvalue weighted by Crippen LogP contribution is -2.58. The van der Waals surface area contributed by atoms with Gasteiger partial charge in [-0.05, 0) is 11.1 Å². The summed E-state index contributed by atoms with van der Waals surface area (Å²) in [5.74, 6) is -1.16. The first-order valence-electron chi connectivity index (χ1n) is 11.7. The van der Waals surface area contributed by atoms with E-state index in [1.165, 1.54) is 11.9 Å². The molecule has 1 heterocycles. The summed E-state index contributed by atoms with van der Waals surface area (Å²) in [5.41, 5.74) is 1.58. The molecule has 0 radical (unpaired) electrons. The molecule has 3 rings (SSSR count). The van der Waals surface area contributed by atoms with Crippen molar-refractivity contribution in [2.24, 2.45) is 4.99 Å². The number of urea groups is 1. The van der Waals surface area contributed by atoms with Gasteiger partial charge in [-0.15, -0.1) is 0 Å². The fraction of sp³-hybridized carbons (Fsp3) is 0.280. The van der Waals surface area contributed by atoms with Crippen LogP contribution in [-0.4, -0.2) is 67.1 Å². The largest absolute Gasteiger partial charge is 0.445 e. The summed E-state index contributed by atoms with van der Waals surface area (Å²) in [6, 6.07) is 16.2. The van der Waals surface area contributed by atoms with Crippen LogP contribution < -0.4 is 21.3 Å². The molecule has 38 heavy (non-hydrogen) atoms. The summed E-state index contributed by atoms with van der Waals surface area (Å²) >= 11 is 0. The average Bonchev–Trinajstić information content (AvgIpc) is 2.91. The number of guanidine groups is 1. The predicted octanol–water partition coefficient (Wildman–Crippen LogP) is 1.25. The minimum Gasteiger partial charge on any atom is -0.445 e. The molecular weight excluding hydrogens is 496 g/mol. The second-order valence-corrected chi connectivity index (χ2v) is 8.08. The third kappa shape index (κ3) is 8.93. The Morgan fingerprint density at radius 1 is 0.947 bits per heavy atom. The Bertz CT molecular complexity index is 1170. The summed E-state index contributed by atoms with van der Waals surface area (Å²) in [5, 5.41) is 9.06. The summed E-state index contributed by atoms with van der Waals surface area (Å²) in [4.78, 5) is 65.8. The van der Waals surface area contributed by atoms with Crippen LogP contribution in [0.15, 0.2) is 65.7 Å². The molecule has 6 amide bonds. The van der Waals surface area contributed by atoms with Gasteiger partial charge < -0.3 is 19.7 Å². The van der Waals surface area contributed by atoms with E-state index in [9.17, 15) is 24.0 Å². The molecule has 0 saturated carbocycles. The number of alkyl carbamates (subject to hydrolysis) is 2. The standard InChI is InChI=1S/C25H28N6O7/c1-31(20(32)12-13-26-24(35)37-15-17-8-4-2-5-9-17)19-14-27-22(28-21(19)33)29-23(34)30-25(36)38-16-18-10-6-3-7-11-18/h2-11,19H,12-16H2,1H3,(H,26,35)(H3,27,28,29,30,33,34,36). The van der Waals surface area contributed by atoms with Gasteiger partial charge in [0.1, 0.15) is 19.3 Å². The number of imide groups is 1. The van der Waals surface area contributed by atoms with Gasteiger partial charge in [0.2, 0.25) is 11.9 Å². The molecule has 2 aromatic carbocycles. The van der Waals surface area contributed by atoms with Gasteiger partial charge in [-0.3, -0.25) is 20.2 Å². The Kier molecular flexibility index (Phi) is 10.2. The Labute approximate surface area is 218 Å². The van der Waals surface area contributed by atoms with Crippen LogP contribution in [0, 0.1) is 0 Å². The van der Waals surface area contributed by atoms with Crippen molar-refractivity contribution in [3.63, 3.8) is 0 Å². The molecule has 1 unspecified atom stereocenters. The van der Waals surface area contributed by atoms with Gasteiger partial charge in [0.25, 0.3) is 5.91 Å². The summed E-state index contributed by atoms with van der Waals surface area (Å²) in [6.45, 7) is -0.0233. The van der Waals surface area contributed by atoms with Crippen LogP contribution in [-0.2, 0) is 32.3 Å². The van der Waals surface area contributed by atoms with Gasteiger partial charge in [0.15, 0.2) is 0 Å². The lowest BCUT2D eigenvalue weighted by molar-refractivity contribution is -0.138. The lowest BCUT2D eigenvalue weighted by Gasteiger charge is -2.29. The molecule has 0 bridgehead atoms. The lowest BCUT2D eigenvalue weighted by atomic mass is 10.2. The predicted molar refractivity (Wildman–Crippen MR) is 135 cm³/mol. The summed E-state index contributed by atoms with van der Waals surface area (Å²) in [6.07, 6.45) is -1.71. The van der Waals surface area contributed by atoms with Gasteiger partial charge in [-0.25, -0.2) is 24.7 Å². The maximum atomic E-state index is 12.5. The zero-order valence-electron chi connectivity index (χ0n) is 20.6. The quantitative estimate of drug-likeness (QED) is 0.403. The highest BCUT2D eigenvalue weighted by Crippen LogP contribution is 2.05. The van der Waals surface area contributed by atoms with Crippen molar-refractivity contribution < 1.29 is 33.4 Å². The van der Waals surface area contributed by atoms with Crippen molar-refractivity contribution >= 4 is 36.0 Å². The van der Waals surface area contributed by atoms with E-state index >= 15 is 0 Å². The van der Waals surface area contributed by atoms with Gasteiger partial charge in [0, 0.05) is 20.0 Å². The van der Waals surface area contributed by atoms with Crippen LogP contribution in [0.2, 0.25) is 0 Å². The topological polar surface area (TPSA) is 168 Å². The summed E-state index contributed by atoms with van der Waals surface area (Å²) < 4.78 is 10.0. The third-order valence-corrected chi connectivity index (χ3v) is 5.31. The normalized spacial score (nSPS) is 14.3. The molecule has 200 valence electrons. The first kappa shape index (κ1) is 27.6. The number of benzene rings is 2. The van der Waals surface area contributed by atoms with Crippen molar-refractivity contribution in [3.8, 4) is 0 Å². The van der Waals surface area contributed by atoms with Crippen molar-refractivity contribution in [1.29, 1.82) is 0 Å². The molecule has 0 spiro atoms. The van der Waals surface area contributed by atoms with Crippen LogP contribution in [0.4, 0.5) is 14.4 Å². The number of hydrogen-bond donors (Lipinski definition) is 4.